The average Bonchev–Trinajstić information content (AvgIpc) is 3.10. The van der Waals surface area contributed by atoms with Crippen LogP contribution in [-0.2, 0) is 6.54 Å². The Morgan fingerprint density at radius 2 is 2.14 bits per heavy atom. The average molecular weight is 409 g/mol. The molecule has 150 valence electrons. The molecule has 2 aromatic heterocycles. The van der Waals surface area contributed by atoms with Crippen molar-refractivity contribution in [2.24, 2.45) is 0 Å². The fraction of sp³-hybridized carbons (Fsp3) is 0.304. The number of fused-ring (bicyclic) bond motifs is 1. The molecule has 0 spiro atoms. The Morgan fingerprint density at radius 3 is 2.90 bits per heavy atom. The summed E-state index contributed by atoms with van der Waals surface area (Å²) in [4.78, 5) is 19.1. The van der Waals surface area contributed by atoms with Gasteiger partial charge in [0, 0.05) is 53.7 Å². The number of aryl methyl sites for hydroxylation is 1. The Kier molecular flexibility index (Phi) is 5.58. The summed E-state index contributed by atoms with van der Waals surface area (Å²) in [5.41, 5.74) is 5.17. The predicted molar refractivity (Wildman–Crippen MR) is 119 cm³/mol. The maximum Gasteiger partial charge on any atom is 0.322 e. The number of rotatable bonds is 4. The van der Waals surface area contributed by atoms with Crippen molar-refractivity contribution in [2.45, 2.75) is 33.2 Å². The number of carbonyl (C=O) groups excluding carboxylic acids is 1. The fourth-order valence-corrected chi connectivity index (χ4v) is 4.00. The summed E-state index contributed by atoms with van der Waals surface area (Å²) in [6.45, 7) is 6.30. The lowest BCUT2D eigenvalue weighted by atomic mass is 10.00. The SMILES string of the molecule is CCCn1cc(C2=CCN(C(=O)Nc3cccc(Cl)c3C)CC2)c2cccnc21. The second kappa shape index (κ2) is 8.29. The minimum atomic E-state index is -0.0965. The molecule has 4 rings (SSSR count). The van der Waals surface area contributed by atoms with Crippen LogP contribution in [-0.4, -0.2) is 33.6 Å². The number of nitrogens with zero attached hydrogens (tertiary/aromatic N) is 3. The molecule has 0 radical (unpaired) electrons. The normalized spacial score (nSPS) is 14.2. The van der Waals surface area contributed by atoms with Crippen LogP contribution >= 0.6 is 11.6 Å². The zero-order chi connectivity index (χ0) is 20.4. The van der Waals surface area contributed by atoms with Crippen LogP contribution in [0.1, 0.15) is 30.9 Å². The maximum absolute atomic E-state index is 12.7. The molecular weight excluding hydrogens is 384 g/mol. The molecule has 0 aliphatic carbocycles. The first kappa shape index (κ1) is 19.5. The van der Waals surface area contributed by atoms with E-state index in [9.17, 15) is 4.79 Å². The number of benzene rings is 1. The summed E-state index contributed by atoms with van der Waals surface area (Å²) in [5, 5.41) is 4.82. The highest BCUT2D eigenvalue weighted by Gasteiger charge is 2.21. The summed E-state index contributed by atoms with van der Waals surface area (Å²) in [5.74, 6) is 0. The Hall–Kier alpha value is -2.79. The number of nitrogens with one attached hydrogen (secondary N) is 1. The van der Waals surface area contributed by atoms with Gasteiger partial charge in [-0.15, -0.1) is 0 Å². The summed E-state index contributed by atoms with van der Waals surface area (Å²) in [6.07, 6.45) is 8.10. The van der Waals surface area contributed by atoms with Gasteiger partial charge in [0.05, 0.1) is 0 Å². The van der Waals surface area contributed by atoms with E-state index in [1.165, 1.54) is 16.5 Å². The number of halogens is 1. The zero-order valence-electron chi connectivity index (χ0n) is 16.8. The van der Waals surface area contributed by atoms with Crippen molar-refractivity contribution < 1.29 is 4.79 Å². The quantitative estimate of drug-likeness (QED) is 0.599. The Bertz CT molecular complexity index is 1090. The number of amides is 2. The van der Waals surface area contributed by atoms with Gasteiger partial charge in [-0.2, -0.15) is 0 Å². The lowest BCUT2D eigenvalue weighted by Gasteiger charge is -2.27. The van der Waals surface area contributed by atoms with E-state index in [1.807, 2.05) is 42.3 Å². The van der Waals surface area contributed by atoms with E-state index < -0.39 is 0 Å². The van der Waals surface area contributed by atoms with E-state index in [1.54, 1.807) is 0 Å². The van der Waals surface area contributed by atoms with E-state index in [0.29, 0.717) is 18.1 Å². The van der Waals surface area contributed by atoms with Crippen LogP contribution in [0.5, 0.6) is 0 Å². The Labute approximate surface area is 176 Å². The summed E-state index contributed by atoms with van der Waals surface area (Å²) < 4.78 is 2.23. The molecule has 0 bridgehead atoms. The molecule has 1 aliphatic heterocycles. The molecule has 3 aromatic rings. The standard InChI is InChI=1S/C23H25ClN4O/c1-3-12-28-15-19(18-6-5-11-25-22(18)28)17-9-13-27(14-10-17)23(29)26-21-8-4-7-20(24)16(21)2/h4-9,11,15H,3,10,12-14H2,1-2H3,(H,26,29). The van der Waals surface area contributed by atoms with Gasteiger partial charge in [0.25, 0.3) is 0 Å². The molecule has 0 atom stereocenters. The second-order valence-corrected chi connectivity index (χ2v) is 7.79. The number of hydrogen-bond donors (Lipinski definition) is 1. The summed E-state index contributed by atoms with van der Waals surface area (Å²) in [7, 11) is 0. The van der Waals surface area contributed by atoms with Crippen molar-refractivity contribution in [3.8, 4) is 0 Å². The zero-order valence-corrected chi connectivity index (χ0v) is 17.5. The van der Waals surface area contributed by atoms with Crippen molar-refractivity contribution in [2.75, 3.05) is 18.4 Å². The molecule has 0 saturated carbocycles. The molecule has 0 fully saturated rings. The van der Waals surface area contributed by atoms with Gasteiger partial charge in [0.15, 0.2) is 0 Å². The van der Waals surface area contributed by atoms with Gasteiger partial charge >= 0.3 is 6.03 Å². The largest absolute Gasteiger partial charge is 0.332 e. The van der Waals surface area contributed by atoms with Crippen LogP contribution < -0.4 is 5.32 Å². The van der Waals surface area contributed by atoms with Gasteiger partial charge in [-0.3, -0.25) is 0 Å². The van der Waals surface area contributed by atoms with Crippen molar-refractivity contribution >= 4 is 39.9 Å². The lowest BCUT2D eigenvalue weighted by Crippen LogP contribution is -2.38. The van der Waals surface area contributed by atoms with Gasteiger partial charge in [-0.1, -0.05) is 30.7 Å². The maximum atomic E-state index is 12.7. The highest BCUT2D eigenvalue weighted by Crippen LogP contribution is 2.30. The van der Waals surface area contributed by atoms with Crippen LogP contribution in [0.15, 0.2) is 48.8 Å². The minimum Gasteiger partial charge on any atom is -0.332 e. The molecule has 3 heterocycles. The third-order valence-electron chi connectivity index (χ3n) is 5.45. The first-order valence-corrected chi connectivity index (χ1v) is 10.4. The van der Waals surface area contributed by atoms with Gasteiger partial charge in [0.1, 0.15) is 5.65 Å². The van der Waals surface area contributed by atoms with E-state index in [-0.39, 0.29) is 6.03 Å². The van der Waals surface area contributed by atoms with Gasteiger partial charge in [0.2, 0.25) is 0 Å². The third-order valence-corrected chi connectivity index (χ3v) is 5.86. The molecule has 0 unspecified atom stereocenters. The van der Waals surface area contributed by atoms with Gasteiger partial charge < -0.3 is 14.8 Å². The molecule has 5 nitrogen and oxygen atoms in total. The summed E-state index contributed by atoms with van der Waals surface area (Å²) in [6, 6.07) is 9.57. The topological polar surface area (TPSA) is 50.2 Å². The van der Waals surface area contributed by atoms with Crippen LogP contribution in [0.25, 0.3) is 16.6 Å². The summed E-state index contributed by atoms with van der Waals surface area (Å²) >= 11 is 6.16. The second-order valence-electron chi connectivity index (χ2n) is 7.38. The Balaban J connectivity index is 1.52. The first-order valence-electron chi connectivity index (χ1n) is 10.0. The van der Waals surface area contributed by atoms with Crippen LogP contribution in [0.3, 0.4) is 0 Å². The molecule has 29 heavy (non-hydrogen) atoms. The molecular formula is C23H25ClN4O. The number of aromatic nitrogens is 2. The lowest BCUT2D eigenvalue weighted by molar-refractivity contribution is 0.217. The molecule has 1 aliphatic rings. The number of pyridine rings is 1. The molecule has 6 heteroatoms. The van der Waals surface area contributed by atoms with Crippen molar-refractivity contribution in [3.63, 3.8) is 0 Å². The number of anilines is 1. The van der Waals surface area contributed by atoms with Crippen molar-refractivity contribution in [1.82, 2.24) is 14.5 Å². The molecule has 1 N–H and O–H groups in total. The monoisotopic (exact) mass is 408 g/mol. The molecule has 0 saturated heterocycles. The van der Waals surface area contributed by atoms with Crippen molar-refractivity contribution in [3.05, 3.63) is 65.0 Å². The Morgan fingerprint density at radius 1 is 1.28 bits per heavy atom. The van der Waals surface area contributed by atoms with Gasteiger partial charge in [-0.05, 0) is 55.2 Å². The predicted octanol–water partition coefficient (Wildman–Crippen LogP) is 5.73. The molecule has 1 aromatic carbocycles. The van der Waals surface area contributed by atoms with Crippen LogP contribution in [0.2, 0.25) is 5.02 Å². The van der Waals surface area contributed by atoms with Crippen molar-refractivity contribution in [1.29, 1.82) is 0 Å². The highest BCUT2D eigenvalue weighted by molar-refractivity contribution is 6.31. The van der Waals surface area contributed by atoms with E-state index in [4.69, 9.17) is 11.6 Å². The highest BCUT2D eigenvalue weighted by atomic mass is 35.5. The van der Waals surface area contributed by atoms with Crippen LogP contribution in [0, 0.1) is 6.92 Å². The van der Waals surface area contributed by atoms with Crippen LogP contribution in [0.4, 0.5) is 10.5 Å². The van der Waals surface area contributed by atoms with E-state index in [0.717, 1.165) is 36.3 Å². The molecule has 2 amide bonds. The third kappa shape index (κ3) is 3.87. The first-order chi connectivity index (χ1) is 14.1. The fourth-order valence-electron chi connectivity index (χ4n) is 3.83. The van der Waals surface area contributed by atoms with E-state index >= 15 is 0 Å². The number of urea groups is 1. The number of hydrogen-bond acceptors (Lipinski definition) is 2. The van der Waals surface area contributed by atoms with E-state index in [2.05, 4.69) is 40.1 Å². The number of carbonyl (C=O) groups is 1. The minimum absolute atomic E-state index is 0.0965. The van der Waals surface area contributed by atoms with Gasteiger partial charge in [-0.25, -0.2) is 9.78 Å². The smallest absolute Gasteiger partial charge is 0.322 e.